The molecule has 1 aromatic carbocycles. The fraction of sp³-hybridized carbons (Fsp3) is 0.375. The van der Waals surface area contributed by atoms with E-state index < -0.39 is 29.5 Å². The Balaban J connectivity index is 2.32. The first-order chi connectivity index (χ1) is 10.9. The molecular formula is C16H17NO6. The molecule has 23 heavy (non-hydrogen) atoms. The van der Waals surface area contributed by atoms with E-state index in [4.69, 9.17) is 9.47 Å². The molecule has 0 bridgehead atoms. The van der Waals surface area contributed by atoms with Gasteiger partial charge in [0, 0.05) is 6.54 Å². The molecule has 1 heterocycles. The van der Waals surface area contributed by atoms with Crippen LogP contribution in [0.15, 0.2) is 18.2 Å². The zero-order chi connectivity index (χ0) is 17.1. The molecule has 1 aliphatic rings. The maximum absolute atomic E-state index is 12.5. The Bertz CT molecular complexity index is 681. The number of methoxy groups -OCH3 is 1. The summed E-state index contributed by atoms with van der Waals surface area (Å²) in [5.74, 6) is -3.27. The van der Waals surface area contributed by atoms with Crippen LogP contribution in [0.4, 0.5) is 0 Å². The molecule has 1 aromatic rings. The average molecular weight is 319 g/mol. The van der Waals surface area contributed by atoms with Gasteiger partial charge in [0.25, 0.3) is 11.8 Å². The summed E-state index contributed by atoms with van der Waals surface area (Å²) in [5, 5.41) is 0. The topological polar surface area (TPSA) is 90.0 Å². The van der Waals surface area contributed by atoms with Gasteiger partial charge in [-0.2, -0.15) is 0 Å². The normalized spacial score (nSPS) is 14.5. The van der Waals surface area contributed by atoms with Crippen LogP contribution >= 0.6 is 0 Å². The molecule has 2 amide bonds. The minimum Gasteiger partial charge on any atom is -0.496 e. The van der Waals surface area contributed by atoms with E-state index in [1.807, 2.05) is 0 Å². The van der Waals surface area contributed by atoms with Gasteiger partial charge in [-0.25, -0.2) is 0 Å². The summed E-state index contributed by atoms with van der Waals surface area (Å²) in [6, 6.07) is 4.67. The van der Waals surface area contributed by atoms with Crippen LogP contribution < -0.4 is 4.74 Å². The molecule has 1 aliphatic heterocycles. The van der Waals surface area contributed by atoms with Crippen LogP contribution in [-0.2, 0) is 14.3 Å². The molecule has 7 nitrogen and oxygen atoms in total. The van der Waals surface area contributed by atoms with Crippen molar-refractivity contribution in [1.82, 2.24) is 4.90 Å². The van der Waals surface area contributed by atoms with Crippen molar-refractivity contribution in [1.29, 1.82) is 0 Å². The number of ether oxygens (including phenoxy) is 2. The molecule has 0 radical (unpaired) electrons. The Morgan fingerprint density at radius 3 is 2.48 bits per heavy atom. The molecule has 1 atom stereocenters. The van der Waals surface area contributed by atoms with E-state index in [0.717, 1.165) is 4.90 Å². The van der Waals surface area contributed by atoms with Crippen LogP contribution in [0.3, 0.4) is 0 Å². The maximum atomic E-state index is 12.5. The summed E-state index contributed by atoms with van der Waals surface area (Å²) in [5.41, 5.74) is 0.340. The van der Waals surface area contributed by atoms with Gasteiger partial charge in [0.1, 0.15) is 17.5 Å². The number of hydrogen-bond acceptors (Lipinski definition) is 6. The summed E-state index contributed by atoms with van der Waals surface area (Å²) in [7, 11) is 1.40. The van der Waals surface area contributed by atoms with E-state index in [1.165, 1.54) is 20.1 Å². The zero-order valence-corrected chi connectivity index (χ0v) is 13.1. The predicted octanol–water partition coefficient (Wildman–Crippen LogP) is 1.06. The van der Waals surface area contributed by atoms with Gasteiger partial charge in [-0.3, -0.25) is 24.1 Å². The number of rotatable bonds is 6. The number of ketones is 1. The van der Waals surface area contributed by atoms with E-state index in [0.29, 0.717) is 0 Å². The van der Waals surface area contributed by atoms with Gasteiger partial charge in [0.05, 0.1) is 24.8 Å². The third-order valence-electron chi connectivity index (χ3n) is 3.61. The monoisotopic (exact) mass is 319 g/mol. The van der Waals surface area contributed by atoms with Crippen molar-refractivity contribution >= 4 is 23.6 Å². The molecule has 0 spiro atoms. The van der Waals surface area contributed by atoms with Crippen molar-refractivity contribution in [2.45, 2.75) is 13.8 Å². The number of carbonyl (C=O) groups excluding carboxylic acids is 4. The molecule has 0 aromatic heterocycles. The van der Waals surface area contributed by atoms with E-state index >= 15 is 0 Å². The molecule has 0 aliphatic carbocycles. The standard InChI is InChI=1S/C16H17NO6/c1-4-23-16(21)11(9(2)18)8-17-14(19)10-6-5-7-12(22-3)13(10)15(17)20/h5-7,11H,4,8H2,1-3H3. The number of Topliss-reactive ketones (excluding diaryl/α,β-unsaturated/α-hetero) is 1. The second-order valence-corrected chi connectivity index (χ2v) is 5.02. The highest BCUT2D eigenvalue weighted by molar-refractivity contribution is 6.23. The smallest absolute Gasteiger partial charge is 0.318 e. The van der Waals surface area contributed by atoms with E-state index in [1.54, 1.807) is 19.1 Å². The lowest BCUT2D eigenvalue weighted by Crippen LogP contribution is -2.40. The van der Waals surface area contributed by atoms with Gasteiger partial charge >= 0.3 is 5.97 Å². The summed E-state index contributed by atoms with van der Waals surface area (Å²) < 4.78 is 9.94. The number of amides is 2. The van der Waals surface area contributed by atoms with Gasteiger partial charge in [0.15, 0.2) is 0 Å². The Hall–Kier alpha value is -2.70. The van der Waals surface area contributed by atoms with Gasteiger partial charge in [0.2, 0.25) is 0 Å². The van der Waals surface area contributed by atoms with Crippen molar-refractivity contribution in [3.05, 3.63) is 29.3 Å². The zero-order valence-electron chi connectivity index (χ0n) is 13.1. The van der Waals surface area contributed by atoms with Crippen LogP contribution in [0.25, 0.3) is 0 Å². The van der Waals surface area contributed by atoms with Crippen molar-refractivity contribution in [2.75, 3.05) is 20.3 Å². The van der Waals surface area contributed by atoms with E-state index in [2.05, 4.69) is 0 Å². The number of imide groups is 1. The van der Waals surface area contributed by atoms with Crippen LogP contribution in [0.5, 0.6) is 5.75 Å². The fourth-order valence-corrected chi connectivity index (χ4v) is 2.43. The third kappa shape index (κ3) is 2.94. The Morgan fingerprint density at radius 1 is 1.22 bits per heavy atom. The van der Waals surface area contributed by atoms with Crippen molar-refractivity contribution in [3.63, 3.8) is 0 Å². The minimum atomic E-state index is -1.19. The van der Waals surface area contributed by atoms with Gasteiger partial charge in [-0.05, 0) is 26.0 Å². The highest BCUT2D eigenvalue weighted by Gasteiger charge is 2.41. The minimum absolute atomic E-state index is 0.110. The first-order valence-electron chi connectivity index (χ1n) is 7.12. The molecule has 0 saturated carbocycles. The van der Waals surface area contributed by atoms with Crippen LogP contribution in [0, 0.1) is 5.92 Å². The van der Waals surface area contributed by atoms with Crippen molar-refractivity contribution in [3.8, 4) is 5.75 Å². The third-order valence-corrected chi connectivity index (χ3v) is 3.61. The average Bonchev–Trinajstić information content (AvgIpc) is 2.76. The second kappa shape index (κ2) is 6.60. The quantitative estimate of drug-likeness (QED) is 0.442. The predicted molar refractivity (Wildman–Crippen MR) is 79.2 cm³/mol. The number of carbonyl (C=O) groups is 4. The molecule has 122 valence electrons. The van der Waals surface area contributed by atoms with Gasteiger partial charge in [-0.15, -0.1) is 0 Å². The van der Waals surface area contributed by atoms with E-state index in [-0.39, 0.29) is 30.0 Å². The number of esters is 1. The second-order valence-electron chi connectivity index (χ2n) is 5.02. The number of hydrogen-bond donors (Lipinski definition) is 0. The number of benzene rings is 1. The summed E-state index contributed by atoms with van der Waals surface area (Å²) >= 11 is 0. The highest BCUT2D eigenvalue weighted by Crippen LogP contribution is 2.31. The molecular weight excluding hydrogens is 302 g/mol. The Labute approximate surface area is 133 Å². The Morgan fingerprint density at radius 2 is 1.91 bits per heavy atom. The molecule has 7 heteroatoms. The summed E-state index contributed by atoms with van der Waals surface area (Å²) in [6.07, 6.45) is 0. The first kappa shape index (κ1) is 16.7. The first-order valence-corrected chi connectivity index (χ1v) is 7.12. The summed E-state index contributed by atoms with van der Waals surface area (Å²) in [6.45, 7) is 2.60. The van der Waals surface area contributed by atoms with Crippen molar-refractivity contribution in [2.24, 2.45) is 5.92 Å². The maximum Gasteiger partial charge on any atom is 0.318 e. The molecule has 1 unspecified atom stereocenters. The van der Waals surface area contributed by atoms with Gasteiger partial charge in [-0.1, -0.05) is 6.07 Å². The molecule has 0 N–H and O–H groups in total. The molecule has 2 rings (SSSR count). The van der Waals surface area contributed by atoms with Gasteiger partial charge < -0.3 is 9.47 Å². The van der Waals surface area contributed by atoms with Crippen molar-refractivity contribution < 1.29 is 28.7 Å². The fourth-order valence-electron chi connectivity index (χ4n) is 2.43. The molecule has 0 fully saturated rings. The Kier molecular flexibility index (Phi) is 4.78. The van der Waals surface area contributed by atoms with Crippen LogP contribution in [0.2, 0.25) is 0 Å². The largest absolute Gasteiger partial charge is 0.496 e. The lowest BCUT2D eigenvalue weighted by molar-refractivity contribution is -0.151. The highest BCUT2D eigenvalue weighted by atomic mass is 16.5. The summed E-state index contributed by atoms with van der Waals surface area (Å²) in [4.78, 5) is 49.3. The van der Waals surface area contributed by atoms with E-state index in [9.17, 15) is 19.2 Å². The lowest BCUT2D eigenvalue weighted by atomic mass is 10.1. The molecule has 0 saturated heterocycles. The lowest BCUT2D eigenvalue weighted by Gasteiger charge is -2.19. The SMILES string of the molecule is CCOC(=O)C(CN1C(=O)c2cccc(OC)c2C1=O)C(C)=O. The number of nitrogens with zero attached hydrogens (tertiary/aromatic N) is 1. The number of fused-ring (bicyclic) bond motifs is 1. The van der Waals surface area contributed by atoms with Crippen LogP contribution in [0.1, 0.15) is 34.6 Å². The van der Waals surface area contributed by atoms with Crippen LogP contribution in [-0.4, -0.2) is 48.7 Å².